The summed E-state index contributed by atoms with van der Waals surface area (Å²) in [5.74, 6) is 6.54. The molecule has 0 unspecified atom stereocenters. The second-order valence-corrected chi connectivity index (χ2v) is 38.1. The molecule has 139 heavy (non-hydrogen) atoms. The third-order valence-electron chi connectivity index (χ3n) is 26.9. The van der Waals surface area contributed by atoms with Gasteiger partial charge in [-0.1, -0.05) is 78.9 Å². The molecule has 0 aliphatic carbocycles. The second kappa shape index (κ2) is 40.2. The number of amides is 1. The van der Waals surface area contributed by atoms with Gasteiger partial charge < -0.3 is 114 Å². The number of nitrogens with one attached hydrogen (secondary N) is 8. The van der Waals surface area contributed by atoms with Gasteiger partial charge >= 0.3 is 6.09 Å². The molecule has 0 spiro atoms. The Morgan fingerprint density at radius 2 is 0.691 bits per heavy atom. The number of anilines is 8. The minimum absolute atomic E-state index is 0.112. The van der Waals surface area contributed by atoms with Crippen molar-refractivity contribution in [3.05, 3.63) is 316 Å². The van der Waals surface area contributed by atoms with Gasteiger partial charge in [0, 0.05) is 238 Å². The Bertz CT molecular complexity index is 6960. The van der Waals surface area contributed by atoms with E-state index in [0.717, 1.165) is 287 Å². The number of morpholine rings is 4. The third-order valence-corrected chi connectivity index (χ3v) is 26.9. The van der Waals surface area contributed by atoms with Crippen LogP contribution in [0.2, 0.25) is 0 Å². The van der Waals surface area contributed by atoms with Crippen molar-refractivity contribution in [3.63, 3.8) is 0 Å². The molecule has 24 rings (SSSR count). The number of fused-ring (bicyclic) bond motifs is 8. The van der Waals surface area contributed by atoms with Gasteiger partial charge in [-0.15, -0.1) is 0 Å². The van der Waals surface area contributed by atoms with Gasteiger partial charge in [0.25, 0.3) is 0 Å². The number of aromatic amines is 4. The summed E-state index contributed by atoms with van der Waals surface area (Å²) in [6.45, 7) is 23.6. The summed E-state index contributed by atoms with van der Waals surface area (Å²) in [5, 5.41) is 14.1. The second-order valence-electron chi connectivity index (χ2n) is 38.1. The standard InChI is InChI=1S/C33H34N4O3.C30H34N4O5.C25H26N4O3.C22H21N3O3/c38-32-20-28(37-13-15-39-16-14-37)19-30(35-32)29-8-4-7-24-17-25-18-26(9-10-31(25)40-33(24)29)34-27-21-36(22-27)12-11-23-5-2-1-3-6-23;1-30(2,3)39-29(36)34-17-22(18-34)31-21-7-8-26-20(14-21)13-19-5-4-6-24(28(19)38-26)25-15-23(16-27(35)32-25)33-9-11-37-12-10-33;30-24-13-20(29-6-8-31-9-7-29)12-22(28-24)21-3-1-2-16-10-17-11-18(27-19-14-26-15-19)4-5-23(17)32-25(16)21;23-16-4-5-20-15(11-16)10-14-2-1-3-18(22(14)28-20)19-12-17(13-21(26)24-19)25-6-8-27-9-7-25/h1-10,18-20,27,34H,11-17,21-22H2,(H,35,38);4-8,14-16,22,31H,9-13,17-18H2,1-3H3,(H,32,35);1-5,11-13,19,26-27H,6-10,14-15H2,(H,28,30);1-5,11-13H,6-10,23H2,(H,24,26). The van der Waals surface area contributed by atoms with E-state index in [1.165, 1.54) is 16.7 Å². The lowest BCUT2D eigenvalue weighted by molar-refractivity contribution is 0.0105. The number of likely N-dealkylation sites (tertiary alicyclic amines) is 2. The molecule has 0 bridgehead atoms. The fourth-order valence-electron chi connectivity index (χ4n) is 19.7. The first-order valence-corrected chi connectivity index (χ1v) is 48.3. The molecule has 10 N–H and O–H groups in total. The number of rotatable bonds is 17. The number of hydrogen-bond donors (Lipinski definition) is 9. The van der Waals surface area contributed by atoms with Crippen LogP contribution in [0.3, 0.4) is 0 Å². The van der Waals surface area contributed by atoms with Gasteiger partial charge in [0.05, 0.1) is 93.8 Å². The van der Waals surface area contributed by atoms with Gasteiger partial charge in [-0.3, -0.25) is 24.1 Å². The van der Waals surface area contributed by atoms with Crippen molar-refractivity contribution in [3.8, 4) is 91.0 Å². The first kappa shape index (κ1) is 90.9. The van der Waals surface area contributed by atoms with E-state index in [9.17, 15) is 24.0 Å². The Kier molecular flexibility index (Phi) is 26.3. The van der Waals surface area contributed by atoms with Gasteiger partial charge in [-0.05, 0) is 176 Å². The van der Waals surface area contributed by atoms with Crippen molar-refractivity contribution in [1.82, 2.24) is 35.1 Å². The molecule has 7 fully saturated rings. The molecule has 0 saturated carbocycles. The highest BCUT2D eigenvalue weighted by Gasteiger charge is 2.36. The number of benzene rings is 9. The number of nitrogen functional groups attached to an aromatic ring is 1. The number of aromatic nitrogens is 4. The number of para-hydroxylation sites is 4. The molecular formula is C110H115N15O14. The molecule has 11 aliphatic heterocycles. The highest BCUT2D eigenvalue weighted by Crippen LogP contribution is 2.49. The average Bonchev–Trinajstić information content (AvgIpc) is 0.777. The van der Waals surface area contributed by atoms with Crippen molar-refractivity contribution in [2.75, 3.05) is 192 Å². The fourth-order valence-corrected chi connectivity index (χ4v) is 19.7. The van der Waals surface area contributed by atoms with Crippen LogP contribution in [-0.4, -0.2) is 211 Å². The highest BCUT2D eigenvalue weighted by molar-refractivity contribution is 5.80. The number of nitrogens with two attached hydrogens (primary N) is 1. The zero-order valence-electron chi connectivity index (χ0n) is 78.4. The number of carbonyl (C=O) groups is 1. The highest BCUT2D eigenvalue weighted by atomic mass is 16.6. The SMILES string of the molecule is CC(C)(C)OC(=O)N1CC(Nc2ccc3c(c2)Cc2cccc(-c4cc(N5CCOCC5)cc(=O)[nH]4)c2O3)C1.Nc1ccc2c(c1)Cc1cccc(-c3cc(N4CCOCC4)cc(=O)[nH]3)c1O2.O=c1cc(N2CCOCC2)cc(-c2cccc3c2Oc2ccc(NC4CN(CCc5ccccc5)C4)cc2C3)[nH]1.O=c1cc(N2CCOCC2)cc(-c2cccc3c2Oc2ccc(NC4CNC4)cc2C3)[nH]1. The van der Waals surface area contributed by atoms with Crippen molar-refractivity contribution >= 4 is 51.6 Å². The monoisotopic (exact) mass is 1870 g/mol. The van der Waals surface area contributed by atoms with E-state index < -0.39 is 5.60 Å². The lowest BCUT2D eigenvalue weighted by atomic mass is 9.96. The molecule has 0 atom stereocenters. The molecule has 0 radical (unpaired) electrons. The molecule has 15 heterocycles. The summed E-state index contributed by atoms with van der Waals surface area (Å²) < 4.78 is 52.8. The molecule has 4 aromatic heterocycles. The summed E-state index contributed by atoms with van der Waals surface area (Å²) in [5.41, 5.74) is 29.4. The number of pyridine rings is 4. The van der Waals surface area contributed by atoms with Crippen molar-refractivity contribution in [1.29, 1.82) is 0 Å². The summed E-state index contributed by atoms with van der Waals surface area (Å²) in [6, 6.07) is 75.5. The average molecular weight is 1870 g/mol. The predicted octanol–water partition coefficient (Wildman–Crippen LogP) is 15.6. The number of hydrogen-bond acceptors (Lipinski definition) is 24. The van der Waals surface area contributed by atoms with Crippen LogP contribution in [0.1, 0.15) is 70.8 Å². The zero-order valence-corrected chi connectivity index (χ0v) is 78.4. The normalized spacial score (nSPS) is 16.8. The largest absolute Gasteiger partial charge is 0.456 e. The van der Waals surface area contributed by atoms with Gasteiger partial charge in [0.15, 0.2) is 0 Å². The number of nitrogens with zero attached hydrogens (tertiary/aromatic N) is 6. The number of carbonyl (C=O) groups excluding carboxylic acids is 1. The van der Waals surface area contributed by atoms with Crippen molar-refractivity contribution in [2.45, 2.75) is 76.6 Å². The number of ether oxygens (including phenoxy) is 9. The van der Waals surface area contributed by atoms with Gasteiger partial charge in [0.2, 0.25) is 22.2 Å². The van der Waals surface area contributed by atoms with Crippen LogP contribution in [0.4, 0.5) is 50.3 Å². The minimum Gasteiger partial charge on any atom is -0.456 e. The maximum Gasteiger partial charge on any atom is 0.410 e. The lowest BCUT2D eigenvalue weighted by Crippen LogP contribution is -2.57. The van der Waals surface area contributed by atoms with Crippen LogP contribution < -0.4 is 87.8 Å². The third kappa shape index (κ3) is 21.1. The summed E-state index contributed by atoms with van der Waals surface area (Å²) >= 11 is 0. The smallest absolute Gasteiger partial charge is 0.410 e. The fraction of sp³-hybridized carbons (Fsp3) is 0.318. The van der Waals surface area contributed by atoms with Crippen molar-refractivity contribution < 1.29 is 47.4 Å². The zero-order chi connectivity index (χ0) is 94.6. The summed E-state index contributed by atoms with van der Waals surface area (Å²) in [7, 11) is 0. The lowest BCUT2D eigenvalue weighted by Gasteiger charge is -2.40. The molecular weight excluding hydrogens is 1760 g/mol. The molecule has 7 saturated heterocycles. The van der Waals surface area contributed by atoms with Gasteiger partial charge in [-0.25, -0.2) is 4.79 Å². The topological polar surface area (TPSA) is 325 Å². The Morgan fingerprint density at radius 3 is 1.02 bits per heavy atom. The molecule has 9 aromatic carbocycles. The molecule has 714 valence electrons. The molecule has 11 aliphatic rings. The van der Waals surface area contributed by atoms with E-state index >= 15 is 0 Å². The van der Waals surface area contributed by atoms with Crippen molar-refractivity contribution in [2.24, 2.45) is 0 Å². The van der Waals surface area contributed by atoms with Crippen LogP contribution in [0.25, 0.3) is 45.0 Å². The Morgan fingerprint density at radius 1 is 0.367 bits per heavy atom. The predicted molar refractivity (Wildman–Crippen MR) is 543 cm³/mol. The van der Waals surface area contributed by atoms with E-state index in [2.05, 4.69) is 163 Å². The summed E-state index contributed by atoms with van der Waals surface area (Å²) in [4.78, 5) is 87.2. The van der Waals surface area contributed by atoms with Gasteiger partial charge in [0.1, 0.15) is 51.6 Å². The quantitative estimate of drug-likeness (QED) is 0.0382. The van der Waals surface area contributed by atoms with E-state index in [1.807, 2.05) is 124 Å². The molecule has 29 heteroatoms. The Balaban J connectivity index is 0.000000111. The van der Waals surface area contributed by atoms with Crippen LogP contribution in [0.15, 0.2) is 244 Å². The molecule has 13 aromatic rings. The first-order valence-electron chi connectivity index (χ1n) is 48.3. The van der Waals surface area contributed by atoms with E-state index in [1.54, 1.807) is 29.2 Å². The Hall–Kier alpha value is -14.6. The minimum atomic E-state index is -0.495. The maximum atomic E-state index is 12.6. The Labute approximate surface area is 805 Å². The van der Waals surface area contributed by atoms with Gasteiger partial charge in [-0.2, -0.15) is 0 Å². The van der Waals surface area contributed by atoms with Crippen LogP contribution in [-0.2, 0) is 55.8 Å². The first-order chi connectivity index (χ1) is 67.8. The van der Waals surface area contributed by atoms with Crippen LogP contribution in [0, 0.1) is 0 Å². The van der Waals surface area contributed by atoms with E-state index in [0.29, 0.717) is 78.0 Å². The van der Waals surface area contributed by atoms with E-state index in [4.69, 9.17) is 48.4 Å². The van der Waals surface area contributed by atoms with Crippen LogP contribution >= 0.6 is 0 Å². The molecule has 29 nitrogen and oxygen atoms in total. The van der Waals surface area contributed by atoms with E-state index in [-0.39, 0.29) is 34.4 Å². The summed E-state index contributed by atoms with van der Waals surface area (Å²) in [6.07, 6.45) is 3.87. The maximum absolute atomic E-state index is 12.6. The number of H-pyrrole nitrogens is 4. The molecule has 1 amide bonds. The van der Waals surface area contributed by atoms with Crippen LogP contribution in [0.5, 0.6) is 46.0 Å².